The summed E-state index contributed by atoms with van der Waals surface area (Å²) in [5.41, 5.74) is 0.182. The zero-order valence-corrected chi connectivity index (χ0v) is 14.8. The third kappa shape index (κ3) is 4.01. The van der Waals surface area contributed by atoms with Crippen molar-refractivity contribution in [3.8, 4) is 5.69 Å². The molecular weight excluding hydrogens is 352 g/mol. The highest BCUT2D eigenvalue weighted by atomic mass is 16.6. The SMILES string of the molecule is CN(C)C(CNC(=O)c1ccc(-n2cncn2)c([N+](=O)[O-])c1)c1ccco1. The van der Waals surface area contributed by atoms with Crippen molar-refractivity contribution in [3.05, 3.63) is 70.7 Å². The summed E-state index contributed by atoms with van der Waals surface area (Å²) < 4.78 is 6.68. The van der Waals surface area contributed by atoms with Crippen LogP contribution in [0.4, 0.5) is 5.69 Å². The molecule has 27 heavy (non-hydrogen) atoms. The number of hydrogen-bond acceptors (Lipinski definition) is 7. The van der Waals surface area contributed by atoms with Crippen molar-refractivity contribution in [2.45, 2.75) is 6.04 Å². The first-order valence-electron chi connectivity index (χ1n) is 8.09. The topological polar surface area (TPSA) is 119 Å². The van der Waals surface area contributed by atoms with Crippen LogP contribution in [-0.2, 0) is 0 Å². The van der Waals surface area contributed by atoms with Crippen LogP contribution in [0.2, 0.25) is 0 Å². The van der Waals surface area contributed by atoms with E-state index in [0.717, 1.165) is 0 Å². The normalized spacial score (nSPS) is 12.1. The summed E-state index contributed by atoms with van der Waals surface area (Å²) in [5, 5.41) is 18.1. The minimum Gasteiger partial charge on any atom is -0.468 e. The number of carbonyl (C=O) groups excluding carboxylic acids is 1. The number of benzene rings is 1. The maximum atomic E-state index is 12.5. The van der Waals surface area contributed by atoms with Crippen LogP contribution in [0.15, 0.2) is 53.7 Å². The van der Waals surface area contributed by atoms with Gasteiger partial charge in [-0.1, -0.05) is 0 Å². The lowest BCUT2D eigenvalue weighted by atomic mass is 10.1. The molecule has 2 heterocycles. The van der Waals surface area contributed by atoms with E-state index < -0.39 is 10.8 Å². The molecule has 0 saturated heterocycles. The number of rotatable bonds is 7. The number of furan rings is 1. The van der Waals surface area contributed by atoms with Gasteiger partial charge in [-0.2, -0.15) is 5.10 Å². The molecule has 10 nitrogen and oxygen atoms in total. The molecule has 2 aromatic heterocycles. The molecule has 1 unspecified atom stereocenters. The van der Waals surface area contributed by atoms with Crippen molar-refractivity contribution >= 4 is 11.6 Å². The molecule has 3 rings (SSSR count). The van der Waals surface area contributed by atoms with Crippen molar-refractivity contribution < 1.29 is 14.1 Å². The van der Waals surface area contributed by atoms with Crippen molar-refractivity contribution in [2.24, 2.45) is 0 Å². The second-order valence-corrected chi connectivity index (χ2v) is 6.01. The van der Waals surface area contributed by atoms with Gasteiger partial charge in [-0.25, -0.2) is 9.67 Å². The van der Waals surface area contributed by atoms with Gasteiger partial charge in [0.05, 0.1) is 17.2 Å². The van der Waals surface area contributed by atoms with E-state index in [-0.39, 0.29) is 29.5 Å². The van der Waals surface area contributed by atoms with Crippen LogP contribution in [-0.4, -0.2) is 51.1 Å². The largest absolute Gasteiger partial charge is 0.468 e. The maximum absolute atomic E-state index is 12.5. The molecule has 0 aliphatic heterocycles. The molecule has 0 aliphatic rings. The van der Waals surface area contributed by atoms with E-state index in [9.17, 15) is 14.9 Å². The summed E-state index contributed by atoms with van der Waals surface area (Å²) in [7, 11) is 3.74. The molecule has 3 aromatic rings. The highest BCUT2D eigenvalue weighted by Gasteiger charge is 2.21. The van der Waals surface area contributed by atoms with Crippen LogP contribution in [0, 0.1) is 10.1 Å². The predicted molar refractivity (Wildman–Crippen MR) is 95.5 cm³/mol. The number of aromatic nitrogens is 3. The number of likely N-dealkylation sites (N-methyl/N-ethyl adjacent to an activating group) is 1. The number of carbonyl (C=O) groups is 1. The van der Waals surface area contributed by atoms with Gasteiger partial charge in [-0.3, -0.25) is 19.8 Å². The fourth-order valence-corrected chi connectivity index (χ4v) is 2.65. The fourth-order valence-electron chi connectivity index (χ4n) is 2.65. The van der Waals surface area contributed by atoms with Gasteiger partial charge in [0.1, 0.15) is 24.1 Å². The van der Waals surface area contributed by atoms with E-state index in [4.69, 9.17) is 4.42 Å². The third-order valence-electron chi connectivity index (χ3n) is 4.05. The van der Waals surface area contributed by atoms with E-state index in [0.29, 0.717) is 5.76 Å². The van der Waals surface area contributed by atoms with E-state index in [1.165, 1.54) is 35.5 Å². The van der Waals surface area contributed by atoms with Crippen molar-refractivity contribution in [3.63, 3.8) is 0 Å². The average molecular weight is 370 g/mol. The van der Waals surface area contributed by atoms with Crippen LogP contribution in [0.1, 0.15) is 22.2 Å². The van der Waals surface area contributed by atoms with Crippen LogP contribution >= 0.6 is 0 Å². The Morgan fingerprint density at radius 1 is 1.41 bits per heavy atom. The Morgan fingerprint density at radius 2 is 2.22 bits per heavy atom. The van der Waals surface area contributed by atoms with Crippen LogP contribution in [0.5, 0.6) is 0 Å². The molecule has 1 atom stereocenters. The van der Waals surface area contributed by atoms with Gasteiger partial charge in [0.15, 0.2) is 0 Å². The maximum Gasteiger partial charge on any atom is 0.295 e. The number of nitro groups is 1. The molecule has 1 aromatic carbocycles. The quantitative estimate of drug-likeness (QED) is 0.497. The molecule has 0 spiro atoms. The molecule has 140 valence electrons. The van der Waals surface area contributed by atoms with Crippen molar-refractivity contribution in [2.75, 3.05) is 20.6 Å². The van der Waals surface area contributed by atoms with Gasteiger partial charge in [-0.05, 0) is 38.4 Å². The standard InChI is InChI=1S/C17H18N6O4/c1-21(2)15(16-4-3-7-27-16)9-19-17(24)12-5-6-13(14(8-12)23(25)26)22-11-18-10-20-22/h3-8,10-11,15H,9H2,1-2H3,(H,19,24). The van der Waals surface area contributed by atoms with E-state index in [1.54, 1.807) is 12.3 Å². The predicted octanol–water partition coefficient (Wildman–Crippen LogP) is 1.80. The van der Waals surface area contributed by atoms with Gasteiger partial charge in [0.25, 0.3) is 11.6 Å². The number of hydrogen-bond donors (Lipinski definition) is 1. The van der Waals surface area contributed by atoms with Crippen molar-refractivity contribution in [1.82, 2.24) is 25.0 Å². The molecule has 0 fully saturated rings. The smallest absolute Gasteiger partial charge is 0.295 e. The Kier molecular flexibility index (Phi) is 5.27. The van der Waals surface area contributed by atoms with Crippen molar-refractivity contribution in [1.29, 1.82) is 0 Å². The zero-order chi connectivity index (χ0) is 19.4. The summed E-state index contributed by atoms with van der Waals surface area (Å²) in [5.74, 6) is 0.300. The Bertz CT molecular complexity index is 921. The first kappa shape index (κ1) is 18.3. The van der Waals surface area contributed by atoms with Gasteiger partial charge in [0.2, 0.25) is 0 Å². The highest BCUT2D eigenvalue weighted by Crippen LogP contribution is 2.24. The van der Waals surface area contributed by atoms with Crippen LogP contribution < -0.4 is 5.32 Å². The third-order valence-corrected chi connectivity index (χ3v) is 4.05. The molecule has 0 saturated carbocycles. The van der Waals surface area contributed by atoms with Crippen LogP contribution in [0.25, 0.3) is 5.69 Å². The number of nitro benzene ring substituents is 1. The molecule has 0 bridgehead atoms. The number of nitrogens with zero attached hydrogens (tertiary/aromatic N) is 5. The lowest BCUT2D eigenvalue weighted by Crippen LogP contribution is -2.34. The van der Waals surface area contributed by atoms with E-state index in [1.807, 2.05) is 25.1 Å². The Hall–Kier alpha value is -3.53. The van der Waals surface area contributed by atoms with E-state index >= 15 is 0 Å². The minimum absolute atomic E-state index is 0.159. The summed E-state index contributed by atoms with van der Waals surface area (Å²) >= 11 is 0. The average Bonchev–Trinajstić information content (AvgIpc) is 3.35. The summed E-state index contributed by atoms with van der Waals surface area (Å²) in [6.07, 6.45) is 4.20. The molecular formula is C17H18N6O4. The van der Waals surface area contributed by atoms with Gasteiger partial charge in [0, 0.05) is 18.2 Å². The van der Waals surface area contributed by atoms with Gasteiger partial charge < -0.3 is 9.73 Å². The highest BCUT2D eigenvalue weighted by molar-refractivity contribution is 5.95. The lowest BCUT2D eigenvalue weighted by molar-refractivity contribution is -0.384. The van der Waals surface area contributed by atoms with Gasteiger partial charge >= 0.3 is 0 Å². The Morgan fingerprint density at radius 3 is 2.81 bits per heavy atom. The molecule has 0 radical (unpaired) electrons. The fraction of sp³-hybridized carbons (Fsp3) is 0.235. The second kappa shape index (κ2) is 7.79. The lowest BCUT2D eigenvalue weighted by Gasteiger charge is -2.22. The minimum atomic E-state index is -0.556. The second-order valence-electron chi connectivity index (χ2n) is 6.01. The first-order valence-corrected chi connectivity index (χ1v) is 8.09. The molecule has 1 amide bonds. The Balaban J connectivity index is 1.78. The van der Waals surface area contributed by atoms with Crippen LogP contribution in [0.3, 0.4) is 0 Å². The molecule has 0 aliphatic carbocycles. The Labute approximate surface area is 154 Å². The summed E-state index contributed by atoms with van der Waals surface area (Å²) in [4.78, 5) is 29.0. The number of nitrogens with one attached hydrogen (secondary N) is 1. The summed E-state index contributed by atoms with van der Waals surface area (Å²) in [6, 6.07) is 7.65. The monoisotopic (exact) mass is 370 g/mol. The number of amides is 1. The van der Waals surface area contributed by atoms with E-state index in [2.05, 4.69) is 15.4 Å². The summed E-state index contributed by atoms with van der Waals surface area (Å²) in [6.45, 7) is 0.290. The zero-order valence-electron chi connectivity index (χ0n) is 14.8. The van der Waals surface area contributed by atoms with Gasteiger partial charge in [-0.15, -0.1) is 0 Å². The molecule has 1 N–H and O–H groups in total. The first-order chi connectivity index (χ1) is 13.0. The molecule has 10 heteroatoms.